The van der Waals surface area contributed by atoms with Gasteiger partial charge in [0.25, 0.3) is 0 Å². The normalized spacial score (nSPS) is 18.8. The molecular formula is C16H24ClN3O2. The number of nitrogens with one attached hydrogen (secondary N) is 1. The van der Waals surface area contributed by atoms with Crippen molar-refractivity contribution in [1.29, 1.82) is 0 Å². The number of hydrogen-bond donors (Lipinski definition) is 2. The molecule has 122 valence electrons. The maximum atomic E-state index is 12.1. The number of aryl methyl sites for hydroxylation is 1. The van der Waals surface area contributed by atoms with Gasteiger partial charge in [-0.25, -0.2) is 0 Å². The summed E-state index contributed by atoms with van der Waals surface area (Å²) in [6.07, 6.45) is 0.275. The zero-order chi connectivity index (χ0) is 15.4. The fourth-order valence-corrected chi connectivity index (χ4v) is 2.36. The van der Waals surface area contributed by atoms with Crippen molar-refractivity contribution in [1.82, 2.24) is 5.32 Å². The van der Waals surface area contributed by atoms with Crippen molar-refractivity contribution in [2.75, 3.05) is 24.5 Å². The lowest BCUT2D eigenvalue weighted by Gasteiger charge is -2.17. The summed E-state index contributed by atoms with van der Waals surface area (Å²) in [7, 11) is 0. The van der Waals surface area contributed by atoms with Crippen molar-refractivity contribution in [3.63, 3.8) is 0 Å². The van der Waals surface area contributed by atoms with E-state index in [-0.39, 0.29) is 42.5 Å². The summed E-state index contributed by atoms with van der Waals surface area (Å²) in [4.78, 5) is 25.9. The molecule has 0 aromatic heterocycles. The van der Waals surface area contributed by atoms with Gasteiger partial charge in [0.05, 0.1) is 5.92 Å². The molecule has 3 N–H and O–H groups in total. The van der Waals surface area contributed by atoms with E-state index in [4.69, 9.17) is 5.73 Å². The molecule has 0 bridgehead atoms. The molecule has 0 spiro atoms. The summed E-state index contributed by atoms with van der Waals surface area (Å²) in [6, 6.07) is 7.78. The molecule has 5 nitrogen and oxygen atoms in total. The zero-order valence-electron chi connectivity index (χ0n) is 13.0. The van der Waals surface area contributed by atoms with Crippen LogP contribution in [0, 0.1) is 18.8 Å². The predicted molar refractivity (Wildman–Crippen MR) is 90.1 cm³/mol. The lowest BCUT2D eigenvalue weighted by atomic mass is 10.1. The molecule has 1 saturated heterocycles. The first-order valence-electron chi connectivity index (χ1n) is 7.36. The Labute approximate surface area is 137 Å². The molecule has 1 aliphatic heterocycles. The monoisotopic (exact) mass is 325 g/mol. The molecule has 1 aromatic rings. The molecule has 22 heavy (non-hydrogen) atoms. The summed E-state index contributed by atoms with van der Waals surface area (Å²) < 4.78 is 0. The highest BCUT2D eigenvalue weighted by atomic mass is 35.5. The highest BCUT2D eigenvalue weighted by molar-refractivity contribution is 6.00. The van der Waals surface area contributed by atoms with Gasteiger partial charge in [-0.1, -0.05) is 24.6 Å². The van der Waals surface area contributed by atoms with Crippen LogP contribution in [0.5, 0.6) is 0 Å². The van der Waals surface area contributed by atoms with E-state index in [2.05, 4.69) is 5.32 Å². The minimum Gasteiger partial charge on any atom is -0.355 e. The number of benzene rings is 1. The summed E-state index contributed by atoms with van der Waals surface area (Å²) >= 11 is 0. The predicted octanol–water partition coefficient (Wildman–Crippen LogP) is 1.48. The smallest absolute Gasteiger partial charge is 0.227 e. The number of amides is 2. The second kappa shape index (κ2) is 8.15. The molecule has 2 unspecified atom stereocenters. The molecule has 0 aliphatic carbocycles. The van der Waals surface area contributed by atoms with E-state index in [0.717, 1.165) is 11.3 Å². The van der Waals surface area contributed by atoms with Gasteiger partial charge in [0.1, 0.15) is 0 Å². The Morgan fingerprint density at radius 1 is 1.41 bits per heavy atom. The molecule has 1 aromatic carbocycles. The van der Waals surface area contributed by atoms with Crippen LogP contribution in [0.25, 0.3) is 0 Å². The Kier molecular flexibility index (Phi) is 6.84. The first-order chi connectivity index (χ1) is 10.0. The SMILES string of the molecule is Cc1ccc(N2CC(C(=O)NCC(C)CN)CC2=O)cc1.Cl. The number of rotatable bonds is 5. The van der Waals surface area contributed by atoms with Crippen LogP contribution in [0.4, 0.5) is 5.69 Å². The summed E-state index contributed by atoms with van der Waals surface area (Å²) in [6.45, 7) is 5.54. The van der Waals surface area contributed by atoms with Crippen molar-refractivity contribution < 1.29 is 9.59 Å². The van der Waals surface area contributed by atoms with E-state index in [1.54, 1.807) is 4.90 Å². The van der Waals surface area contributed by atoms with Gasteiger partial charge in [-0.15, -0.1) is 12.4 Å². The van der Waals surface area contributed by atoms with Crippen LogP contribution in [0.1, 0.15) is 18.9 Å². The molecule has 1 fully saturated rings. The van der Waals surface area contributed by atoms with Gasteiger partial charge >= 0.3 is 0 Å². The van der Waals surface area contributed by atoms with Gasteiger partial charge in [-0.3, -0.25) is 9.59 Å². The third-order valence-corrected chi connectivity index (χ3v) is 3.87. The maximum Gasteiger partial charge on any atom is 0.227 e. The second-order valence-corrected chi connectivity index (χ2v) is 5.83. The van der Waals surface area contributed by atoms with Gasteiger partial charge in [0, 0.05) is 25.2 Å². The molecule has 0 radical (unpaired) electrons. The molecule has 6 heteroatoms. The Bertz CT molecular complexity index is 519. The van der Waals surface area contributed by atoms with Crippen LogP contribution in [0.2, 0.25) is 0 Å². The first kappa shape index (κ1) is 18.5. The van der Waals surface area contributed by atoms with Crippen molar-refractivity contribution in [2.24, 2.45) is 17.6 Å². The van der Waals surface area contributed by atoms with Crippen LogP contribution < -0.4 is 16.0 Å². The minimum absolute atomic E-state index is 0. The Hall–Kier alpha value is -1.59. The van der Waals surface area contributed by atoms with Crippen molar-refractivity contribution in [2.45, 2.75) is 20.3 Å². The van der Waals surface area contributed by atoms with Crippen molar-refractivity contribution in [3.05, 3.63) is 29.8 Å². The van der Waals surface area contributed by atoms with Crippen LogP contribution in [0.3, 0.4) is 0 Å². The number of nitrogens with zero attached hydrogens (tertiary/aromatic N) is 1. The molecular weight excluding hydrogens is 302 g/mol. The lowest BCUT2D eigenvalue weighted by Crippen LogP contribution is -2.36. The number of carbonyl (C=O) groups excluding carboxylic acids is 2. The number of hydrogen-bond acceptors (Lipinski definition) is 3. The van der Waals surface area contributed by atoms with Gasteiger partial charge in [-0.05, 0) is 31.5 Å². The molecule has 1 aliphatic rings. The average Bonchev–Trinajstić information content (AvgIpc) is 2.87. The van der Waals surface area contributed by atoms with Crippen LogP contribution in [0.15, 0.2) is 24.3 Å². The summed E-state index contributed by atoms with van der Waals surface area (Å²) in [5.41, 5.74) is 7.54. The Balaban J connectivity index is 0.00000242. The first-order valence-corrected chi connectivity index (χ1v) is 7.36. The van der Waals surface area contributed by atoms with Gasteiger partial charge < -0.3 is 16.0 Å². The number of halogens is 1. The summed E-state index contributed by atoms with van der Waals surface area (Å²) in [5.74, 6) is -0.0767. The standard InChI is InChI=1S/C16H23N3O2.ClH/c1-11-3-5-14(6-4-11)19-10-13(7-15(19)20)16(21)18-9-12(2)8-17;/h3-6,12-13H,7-10,17H2,1-2H3,(H,18,21);1H. The fraction of sp³-hybridized carbons (Fsp3) is 0.500. The van der Waals surface area contributed by atoms with Crippen LogP contribution in [-0.2, 0) is 9.59 Å². The molecule has 1 heterocycles. The third kappa shape index (κ3) is 4.45. The maximum absolute atomic E-state index is 12.1. The highest BCUT2D eigenvalue weighted by Gasteiger charge is 2.34. The Morgan fingerprint density at radius 3 is 2.64 bits per heavy atom. The van der Waals surface area contributed by atoms with E-state index in [9.17, 15) is 9.59 Å². The van der Waals surface area contributed by atoms with E-state index in [1.165, 1.54) is 0 Å². The van der Waals surface area contributed by atoms with Gasteiger partial charge in [0.15, 0.2) is 0 Å². The number of nitrogens with two attached hydrogens (primary N) is 1. The number of carbonyl (C=O) groups is 2. The topological polar surface area (TPSA) is 75.4 Å². The van der Waals surface area contributed by atoms with Crippen molar-refractivity contribution >= 4 is 29.9 Å². The third-order valence-electron chi connectivity index (χ3n) is 3.87. The van der Waals surface area contributed by atoms with E-state index < -0.39 is 0 Å². The van der Waals surface area contributed by atoms with E-state index in [0.29, 0.717) is 19.6 Å². The molecule has 0 saturated carbocycles. The van der Waals surface area contributed by atoms with Gasteiger partial charge in [0.2, 0.25) is 11.8 Å². The quantitative estimate of drug-likeness (QED) is 0.861. The number of anilines is 1. The lowest BCUT2D eigenvalue weighted by molar-refractivity contribution is -0.126. The van der Waals surface area contributed by atoms with E-state index >= 15 is 0 Å². The highest BCUT2D eigenvalue weighted by Crippen LogP contribution is 2.25. The zero-order valence-corrected chi connectivity index (χ0v) is 13.9. The Morgan fingerprint density at radius 2 is 2.05 bits per heavy atom. The van der Waals surface area contributed by atoms with Crippen molar-refractivity contribution in [3.8, 4) is 0 Å². The van der Waals surface area contributed by atoms with Gasteiger partial charge in [-0.2, -0.15) is 0 Å². The second-order valence-electron chi connectivity index (χ2n) is 5.83. The molecule has 2 atom stereocenters. The van der Waals surface area contributed by atoms with Crippen LogP contribution in [-0.4, -0.2) is 31.4 Å². The summed E-state index contributed by atoms with van der Waals surface area (Å²) in [5, 5.41) is 2.88. The average molecular weight is 326 g/mol. The minimum atomic E-state index is -0.274. The van der Waals surface area contributed by atoms with E-state index in [1.807, 2.05) is 38.1 Å². The largest absolute Gasteiger partial charge is 0.355 e. The van der Waals surface area contributed by atoms with Crippen LogP contribution >= 0.6 is 12.4 Å². The molecule has 2 amide bonds. The molecule has 2 rings (SSSR count). The fourth-order valence-electron chi connectivity index (χ4n) is 2.36.